The van der Waals surface area contributed by atoms with Gasteiger partial charge in [0.1, 0.15) is 17.1 Å². The number of hydrogen-bond donors (Lipinski definition) is 2. The molecule has 5 nitrogen and oxygen atoms in total. The summed E-state index contributed by atoms with van der Waals surface area (Å²) in [6.07, 6.45) is 3.97. The Morgan fingerprint density at radius 3 is 2.47 bits per heavy atom. The Morgan fingerprint density at radius 2 is 1.62 bits per heavy atom. The molecule has 0 radical (unpaired) electrons. The molecule has 5 aromatic rings. The van der Waals surface area contributed by atoms with Crippen LogP contribution in [0.4, 0.5) is 0 Å². The van der Waals surface area contributed by atoms with Crippen LogP contribution in [0.3, 0.4) is 0 Å². The molecule has 1 saturated heterocycles. The van der Waals surface area contributed by atoms with E-state index in [0.717, 1.165) is 59.6 Å². The number of nitrogens with one attached hydrogen (secondary N) is 1. The highest BCUT2D eigenvalue weighted by Crippen LogP contribution is 2.36. The van der Waals surface area contributed by atoms with E-state index in [2.05, 4.69) is 58.4 Å². The number of aromatic nitrogens is 3. The van der Waals surface area contributed by atoms with E-state index in [1.807, 2.05) is 24.4 Å². The first-order chi connectivity index (χ1) is 15.8. The highest BCUT2D eigenvalue weighted by atomic mass is 16.3. The molecule has 0 bridgehead atoms. The largest absolute Gasteiger partial charge is 0.507 e. The third-order valence-corrected chi connectivity index (χ3v) is 6.43. The Balaban J connectivity index is 1.53. The van der Waals surface area contributed by atoms with Crippen LogP contribution < -0.4 is 5.32 Å². The van der Waals surface area contributed by atoms with E-state index in [-0.39, 0.29) is 5.75 Å². The maximum absolute atomic E-state index is 10.6. The molecule has 0 atom stereocenters. The van der Waals surface area contributed by atoms with Crippen molar-refractivity contribution in [3.63, 3.8) is 0 Å². The molecule has 0 spiro atoms. The number of piperidine rings is 1. The number of para-hydroxylation sites is 1. The van der Waals surface area contributed by atoms with E-state index >= 15 is 0 Å². The molecule has 1 aliphatic rings. The average molecular weight is 421 g/mol. The number of imidazole rings is 1. The van der Waals surface area contributed by atoms with Gasteiger partial charge in [0.2, 0.25) is 0 Å². The van der Waals surface area contributed by atoms with Crippen molar-refractivity contribution in [2.45, 2.75) is 18.9 Å². The molecule has 2 N–H and O–H groups in total. The number of hydrogen-bond acceptors (Lipinski definition) is 4. The molecule has 0 saturated carbocycles. The molecule has 0 unspecified atom stereocenters. The van der Waals surface area contributed by atoms with Crippen LogP contribution in [0, 0.1) is 0 Å². The molecule has 32 heavy (non-hydrogen) atoms. The number of benzene rings is 3. The van der Waals surface area contributed by atoms with Crippen molar-refractivity contribution in [1.29, 1.82) is 0 Å². The van der Waals surface area contributed by atoms with E-state index in [0.29, 0.717) is 6.04 Å². The average Bonchev–Trinajstić information content (AvgIpc) is 3.23. The van der Waals surface area contributed by atoms with Crippen LogP contribution in [0.25, 0.3) is 44.5 Å². The fourth-order valence-corrected chi connectivity index (χ4v) is 4.77. The minimum absolute atomic E-state index is 0.243. The normalized spacial score (nSPS) is 14.9. The van der Waals surface area contributed by atoms with Gasteiger partial charge in [0.15, 0.2) is 5.65 Å². The Labute approximate surface area is 186 Å². The van der Waals surface area contributed by atoms with Crippen LogP contribution in [0.2, 0.25) is 0 Å². The zero-order chi connectivity index (χ0) is 21.5. The van der Waals surface area contributed by atoms with Crippen LogP contribution in [-0.2, 0) is 0 Å². The highest BCUT2D eigenvalue weighted by Gasteiger charge is 2.24. The van der Waals surface area contributed by atoms with Gasteiger partial charge in [-0.3, -0.25) is 0 Å². The third-order valence-electron chi connectivity index (χ3n) is 6.43. The molecule has 0 aliphatic carbocycles. The van der Waals surface area contributed by atoms with Gasteiger partial charge in [0, 0.05) is 17.8 Å². The van der Waals surface area contributed by atoms with Gasteiger partial charge in [-0.25, -0.2) is 9.97 Å². The summed E-state index contributed by atoms with van der Waals surface area (Å²) >= 11 is 0. The number of pyridine rings is 1. The van der Waals surface area contributed by atoms with Gasteiger partial charge in [0.05, 0.1) is 5.56 Å². The predicted molar refractivity (Wildman–Crippen MR) is 129 cm³/mol. The van der Waals surface area contributed by atoms with Crippen molar-refractivity contribution in [3.05, 3.63) is 79.0 Å². The molecule has 1 fully saturated rings. The van der Waals surface area contributed by atoms with Crippen molar-refractivity contribution in [1.82, 2.24) is 19.9 Å². The van der Waals surface area contributed by atoms with Crippen molar-refractivity contribution in [2.24, 2.45) is 0 Å². The zero-order valence-electron chi connectivity index (χ0n) is 17.7. The van der Waals surface area contributed by atoms with Crippen LogP contribution in [0.15, 0.2) is 79.0 Å². The molecule has 158 valence electrons. The number of phenolic OH excluding ortho intramolecular Hbond substituents is 1. The maximum atomic E-state index is 10.6. The van der Waals surface area contributed by atoms with E-state index < -0.39 is 0 Å². The number of rotatable bonds is 3. The number of aromatic hydroxyl groups is 1. The van der Waals surface area contributed by atoms with Crippen LogP contribution in [-0.4, -0.2) is 32.7 Å². The quantitative estimate of drug-likeness (QED) is 0.402. The first kappa shape index (κ1) is 19.0. The lowest BCUT2D eigenvalue weighted by Gasteiger charge is -2.26. The van der Waals surface area contributed by atoms with Gasteiger partial charge in [-0.15, -0.1) is 0 Å². The van der Waals surface area contributed by atoms with E-state index in [4.69, 9.17) is 9.97 Å². The summed E-state index contributed by atoms with van der Waals surface area (Å²) in [6, 6.07) is 24.7. The number of nitrogens with zero attached hydrogens (tertiary/aromatic N) is 3. The summed E-state index contributed by atoms with van der Waals surface area (Å²) in [6.45, 7) is 1.94. The Morgan fingerprint density at radius 1 is 0.844 bits per heavy atom. The summed E-state index contributed by atoms with van der Waals surface area (Å²) in [5, 5.41) is 16.4. The Bertz CT molecular complexity index is 1430. The Kier molecular flexibility index (Phi) is 4.62. The molecule has 1 aliphatic heterocycles. The fourth-order valence-electron chi connectivity index (χ4n) is 4.77. The second-order valence-electron chi connectivity index (χ2n) is 8.43. The number of phenols is 1. The van der Waals surface area contributed by atoms with Gasteiger partial charge >= 0.3 is 0 Å². The van der Waals surface area contributed by atoms with Crippen LogP contribution in [0.5, 0.6) is 5.75 Å². The van der Waals surface area contributed by atoms with E-state index in [9.17, 15) is 5.11 Å². The smallest absolute Gasteiger partial charge is 0.160 e. The molecular formula is C27H24N4O. The minimum atomic E-state index is 0.243. The second-order valence-corrected chi connectivity index (χ2v) is 8.43. The zero-order valence-corrected chi connectivity index (χ0v) is 17.7. The first-order valence-electron chi connectivity index (χ1n) is 11.1. The molecule has 3 aromatic carbocycles. The Hall–Kier alpha value is -3.70. The van der Waals surface area contributed by atoms with Gasteiger partial charge < -0.3 is 15.0 Å². The lowest BCUT2D eigenvalue weighted by molar-refractivity contribution is 0.375. The second kappa shape index (κ2) is 7.77. The van der Waals surface area contributed by atoms with Crippen molar-refractivity contribution >= 4 is 21.9 Å². The van der Waals surface area contributed by atoms with Crippen LogP contribution >= 0.6 is 0 Å². The molecule has 5 heteroatoms. The van der Waals surface area contributed by atoms with Gasteiger partial charge in [-0.2, -0.15) is 0 Å². The summed E-state index contributed by atoms with van der Waals surface area (Å²) in [5.74, 6) is 1.03. The topological polar surface area (TPSA) is 63.0 Å². The third kappa shape index (κ3) is 3.22. The molecule has 0 amide bonds. The van der Waals surface area contributed by atoms with E-state index in [1.165, 1.54) is 10.8 Å². The van der Waals surface area contributed by atoms with Gasteiger partial charge in [-0.1, -0.05) is 48.5 Å². The molecule has 6 rings (SSSR count). The predicted octanol–water partition coefficient (Wildman–Crippen LogP) is 5.55. The van der Waals surface area contributed by atoms with E-state index in [1.54, 1.807) is 6.07 Å². The lowest BCUT2D eigenvalue weighted by Crippen LogP contribution is -2.29. The van der Waals surface area contributed by atoms with Crippen molar-refractivity contribution in [2.75, 3.05) is 13.1 Å². The lowest BCUT2D eigenvalue weighted by atomic mass is 10.0. The number of fused-ring (bicyclic) bond motifs is 2. The van der Waals surface area contributed by atoms with Crippen molar-refractivity contribution in [3.8, 4) is 28.3 Å². The monoisotopic (exact) mass is 420 g/mol. The van der Waals surface area contributed by atoms with Crippen LogP contribution in [0.1, 0.15) is 18.9 Å². The molecular weight excluding hydrogens is 396 g/mol. The van der Waals surface area contributed by atoms with Crippen molar-refractivity contribution < 1.29 is 5.11 Å². The maximum Gasteiger partial charge on any atom is 0.160 e. The minimum Gasteiger partial charge on any atom is -0.507 e. The van der Waals surface area contributed by atoms with Gasteiger partial charge in [-0.05, 0) is 66.5 Å². The fraction of sp³-hybridized carbons (Fsp3) is 0.185. The molecule has 3 heterocycles. The van der Waals surface area contributed by atoms with Gasteiger partial charge in [0.25, 0.3) is 0 Å². The summed E-state index contributed by atoms with van der Waals surface area (Å²) in [4.78, 5) is 9.87. The standard InChI is InChI=1S/C27H24N4O/c32-25-8-4-3-7-23(25)26-30-24-16-21(20-10-9-18-5-1-2-6-19(18)15-20)17-29-27(24)31(26)22-11-13-28-14-12-22/h1-10,15-17,22,28,32H,11-14H2. The molecule has 2 aromatic heterocycles. The first-order valence-corrected chi connectivity index (χ1v) is 11.1. The summed E-state index contributed by atoms with van der Waals surface area (Å²) < 4.78 is 2.23. The SMILES string of the molecule is Oc1ccccc1-c1nc2cc(-c3ccc4ccccc4c3)cnc2n1C1CCNCC1. The summed E-state index contributed by atoms with van der Waals surface area (Å²) in [7, 11) is 0. The summed E-state index contributed by atoms with van der Waals surface area (Å²) in [5.41, 5.74) is 4.64. The highest BCUT2D eigenvalue weighted by molar-refractivity contribution is 5.89.